The van der Waals surface area contributed by atoms with Gasteiger partial charge >= 0.3 is 0 Å². The van der Waals surface area contributed by atoms with Crippen molar-refractivity contribution >= 4 is 0 Å². The first kappa shape index (κ1) is 16.3. The number of nitrogens with two attached hydrogens (primary N) is 1. The molecule has 1 aromatic carbocycles. The highest BCUT2D eigenvalue weighted by Crippen LogP contribution is 2.47. The van der Waals surface area contributed by atoms with Gasteiger partial charge < -0.3 is 15.2 Å². The van der Waals surface area contributed by atoms with Gasteiger partial charge in [0.2, 0.25) is 0 Å². The molecule has 1 saturated heterocycles. The summed E-state index contributed by atoms with van der Waals surface area (Å²) in [5, 5.41) is 0. The first-order valence-corrected chi connectivity index (χ1v) is 7.83. The normalized spacial score (nSPS) is 25.0. The molecule has 2 rings (SSSR count). The van der Waals surface area contributed by atoms with Crippen molar-refractivity contribution < 1.29 is 9.47 Å². The van der Waals surface area contributed by atoms with E-state index in [2.05, 4.69) is 39.8 Å². The van der Waals surface area contributed by atoms with Gasteiger partial charge in [-0.2, -0.15) is 0 Å². The first-order valence-electron chi connectivity index (χ1n) is 7.83. The maximum absolute atomic E-state index is 6.56. The molecule has 0 radical (unpaired) electrons. The fourth-order valence-electron chi connectivity index (χ4n) is 3.46. The molecule has 0 amide bonds. The summed E-state index contributed by atoms with van der Waals surface area (Å²) in [5.41, 5.74) is 7.36. The Labute approximate surface area is 128 Å². The third kappa shape index (κ3) is 3.78. The lowest BCUT2D eigenvalue weighted by atomic mass is 9.79. The predicted octanol–water partition coefficient (Wildman–Crippen LogP) is 4.07. The molecule has 2 atom stereocenters. The van der Waals surface area contributed by atoms with E-state index in [1.807, 2.05) is 26.0 Å². The van der Waals surface area contributed by atoms with Crippen LogP contribution in [0, 0.1) is 5.92 Å². The minimum atomic E-state index is -0.210. The van der Waals surface area contributed by atoms with Crippen LogP contribution in [0.5, 0.6) is 5.75 Å². The average Bonchev–Trinajstić information content (AvgIpc) is 2.56. The Balaban J connectivity index is 2.22. The van der Waals surface area contributed by atoms with Crippen LogP contribution in [-0.4, -0.2) is 17.3 Å². The van der Waals surface area contributed by atoms with Crippen molar-refractivity contribution in [2.24, 2.45) is 11.7 Å². The Morgan fingerprint density at radius 1 is 1.24 bits per heavy atom. The zero-order valence-electron chi connectivity index (χ0n) is 14.1. The quantitative estimate of drug-likeness (QED) is 0.909. The molecule has 2 unspecified atom stereocenters. The van der Waals surface area contributed by atoms with Crippen molar-refractivity contribution in [1.82, 2.24) is 0 Å². The van der Waals surface area contributed by atoms with Crippen LogP contribution in [0.1, 0.15) is 59.6 Å². The predicted molar refractivity (Wildman–Crippen MR) is 86.5 cm³/mol. The molecule has 1 fully saturated rings. The zero-order valence-corrected chi connectivity index (χ0v) is 14.1. The molecule has 1 aromatic rings. The Morgan fingerprint density at radius 3 is 2.43 bits per heavy atom. The van der Waals surface area contributed by atoms with Gasteiger partial charge in [0.25, 0.3) is 0 Å². The van der Waals surface area contributed by atoms with Gasteiger partial charge in [-0.25, -0.2) is 0 Å². The van der Waals surface area contributed by atoms with Crippen LogP contribution in [0.2, 0.25) is 0 Å². The number of hydrogen-bond donors (Lipinski definition) is 1. The Kier molecular flexibility index (Phi) is 4.36. The molecule has 3 nitrogen and oxygen atoms in total. The maximum atomic E-state index is 6.56. The summed E-state index contributed by atoms with van der Waals surface area (Å²) >= 11 is 0. The lowest BCUT2D eigenvalue weighted by molar-refractivity contribution is -0.0767. The number of rotatable bonds is 4. The summed E-state index contributed by atoms with van der Waals surface area (Å²) in [4.78, 5) is 0. The molecule has 3 heteroatoms. The standard InChI is InChI=1S/C18H29NO2/c1-12(2)20-14-9-7-8-13(10-14)16(19)15-11-17(3,4)21-18(15,5)6/h7-10,12,15-16H,11,19H2,1-6H3. The fourth-order valence-corrected chi connectivity index (χ4v) is 3.46. The molecule has 0 spiro atoms. The van der Waals surface area contributed by atoms with Crippen molar-refractivity contribution in [2.45, 2.75) is 71.3 Å². The molecule has 1 aliphatic rings. The molecule has 2 N–H and O–H groups in total. The SMILES string of the molecule is CC(C)Oc1cccc(C(N)C2CC(C)(C)OC2(C)C)c1. The van der Waals surface area contributed by atoms with Crippen LogP contribution in [0.25, 0.3) is 0 Å². The van der Waals surface area contributed by atoms with E-state index in [0.717, 1.165) is 17.7 Å². The third-order valence-corrected chi connectivity index (χ3v) is 4.19. The van der Waals surface area contributed by atoms with E-state index in [1.54, 1.807) is 0 Å². The van der Waals surface area contributed by atoms with Gasteiger partial charge in [-0.3, -0.25) is 0 Å². The molecular weight excluding hydrogens is 262 g/mol. The van der Waals surface area contributed by atoms with E-state index in [0.29, 0.717) is 5.92 Å². The first-order chi connectivity index (χ1) is 9.61. The van der Waals surface area contributed by atoms with E-state index < -0.39 is 0 Å². The van der Waals surface area contributed by atoms with Crippen LogP contribution in [0.15, 0.2) is 24.3 Å². The van der Waals surface area contributed by atoms with E-state index in [4.69, 9.17) is 15.2 Å². The van der Waals surface area contributed by atoms with E-state index >= 15 is 0 Å². The van der Waals surface area contributed by atoms with Crippen LogP contribution < -0.4 is 10.5 Å². The second-order valence-electron chi connectivity index (χ2n) is 7.54. The third-order valence-electron chi connectivity index (χ3n) is 4.19. The summed E-state index contributed by atoms with van der Waals surface area (Å²) in [6.07, 6.45) is 1.14. The van der Waals surface area contributed by atoms with Crippen molar-refractivity contribution in [1.29, 1.82) is 0 Å². The minimum Gasteiger partial charge on any atom is -0.491 e. The minimum absolute atomic E-state index is 0.0440. The van der Waals surface area contributed by atoms with E-state index in [9.17, 15) is 0 Å². The molecule has 0 saturated carbocycles. The van der Waals surface area contributed by atoms with Crippen molar-refractivity contribution in [3.63, 3.8) is 0 Å². The Bertz CT molecular complexity index is 494. The summed E-state index contributed by atoms with van der Waals surface area (Å²) < 4.78 is 11.9. The molecule has 21 heavy (non-hydrogen) atoms. The summed E-state index contributed by atoms with van der Waals surface area (Å²) in [6.45, 7) is 12.6. The summed E-state index contributed by atoms with van der Waals surface area (Å²) in [6, 6.07) is 8.10. The van der Waals surface area contributed by atoms with E-state index in [-0.39, 0.29) is 23.3 Å². The largest absolute Gasteiger partial charge is 0.491 e. The highest BCUT2D eigenvalue weighted by Gasteiger charge is 2.48. The molecule has 1 aliphatic heterocycles. The van der Waals surface area contributed by atoms with E-state index in [1.165, 1.54) is 0 Å². The molecule has 0 aliphatic carbocycles. The average molecular weight is 291 g/mol. The van der Waals surface area contributed by atoms with Gasteiger partial charge in [0.15, 0.2) is 0 Å². The summed E-state index contributed by atoms with van der Waals surface area (Å²) in [5.74, 6) is 1.18. The number of hydrogen-bond acceptors (Lipinski definition) is 3. The van der Waals surface area contributed by atoms with Gasteiger partial charge in [-0.15, -0.1) is 0 Å². The molecule has 1 heterocycles. The van der Waals surface area contributed by atoms with Crippen molar-refractivity contribution in [3.05, 3.63) is 29.8 Å². The molecule has 118 valence electrons. The monoisotopic (exact) mass is 291 g/mol. The number of benzene rings is 1. The van der Waals surface area contributed by atoms with Gasteiger partial charge in [0, 0.05) is 12.0 Å². The van der Waals surface area contributed by atoms with Gasteiger partial charge in [0.05, 0.1) is 17.3 Å². The Hall–Kier alpha value is -1.06. The van der Waals surface area contributed by atoms with Crippen molar-refractivity contribution in [2.75, 3.05) is 0 Å². The topological polar surface area (TPSA) is 44.5 Å². The van der Waals surface area contributed by atoms with Crippen molar-refractivity contribution in [3.8, 4) is 5.75 Å². The lowest BCUT2D eigenvalue weighted by Gasteiger charge is -2.31. The highest BCUT2D eigenvalue weighted by atomic mass is 16.5. The number of ether oxygens (including phenoxy) is 2. The molecule has 0 bridgehead atoms. The van der Waals surface area contributed by atoms with Crippen LogP contribution >= 0.6 is 0 Å². The Morgan fingerprint density at radius 2 is 1.90 bits per heavy atom. The molecule has 0 aromatic heterocycles. The van der Waals surface area contributed by atoms with Crippen LogP contribution in [0.3, 0.4) is 0 Å². The fraction of sp³-hybridized carbons (Fsp3) is 0.667. The smallest absolute Gasteiger partial charge is 0.120 e. The molecular formula is C18H29NO2. The zero-order chi connectivity index (χ0) is 15.8. The van der Waals surface area contributed by atoms with Crippen LogP contribution in [0.4, 0.5) is 0 Å². The summed E-state index contributed by atoms with van der Waals surface area (Å²) in [7, 11) is 0. The van der Waals surface area contributed by atoms with Crippen LogP contribution in [-0.2, 0) is 4.74 Å². The van der Waals surface area contributed by atoms with Gasteiger partial charge in [0.1, 0.15) is 5.75 Å². The lowest BCUT2D eigenvalue weighted by Crippen LogP contribution is -2.35. The highest BCUT2D eigenvalue weighted by molar-refractivity contribution is 5.31. The maximum Gasteiger partial charge on any atom is 0.120 e. The second kappa shape index (κ2) is 5.62. The van der Waals surface area contributed by atoms with Gasteiger partial charge in [-0.05, 0) is 65.7 Å². The van der Waals surface area contributed by atoms with Gasteiger partial charge in [-0.1, -0.05) is 12.1 Å². The second-order valence-corrected chi connectivity index (χ2v) is 7.54.